The van der Waals surface area contributed by atoms with Crippen LogP contribution in [0, 0.1) is 6.92 Å². The summed E-state index contributed by atoms with van der Waals surface area (Å²) in [5, 5.41) is 9.90. The van der Waals surface area contributed by atoms with E-state index in [1.54, 1.807) is 36.4 Å². The van der Waals surface area contributed by atoms with Crippen LogP contribution in [-0.2, 0) is 0 Å². The summed E-state index contributed by atoms with van der Waals surface area (Å²) in [4.78, 5) is 12.8. The third kappa shape index (κ3) is 3.87. The van der Waals surface area contributed by atoms with Gasteiger partial charge in [0, 0.05) is 6.42 Å². The second-order valence-electron chi connectivity index (χ2n) is 7.19. The number of hydrogen-bond acceptors (Lipinski definition) is 3. The van der Waals surface area contributed by atoms with Gasteiger partial charge in [0.05, 0.1) is 22.9 Å². The minimum Gasteiger partial charge on any atom is -0.363 e. The number of rotatable bonds is 3. The van der Waals surface area contributed by atoms with Crippen LogP contribution in [0.15, 0.2) is 54.7 Å². The van der Waals surface area contributed by atoms with Gasteiger partial charge in [-0.3, -0.25) is 4.79 Å². The van der Waals surface area contributed by atoms with Crippen LogP contribution in [0.4, 0.5) is 24.7 Å². The van der Waals surface area contributed by atoms with E-state index >= 15 is 0 Å². The maximum atomic E-state index is 13.8. The lowest BCUT2D eigenvalue weighted by Gasteiger charge is -2.34. The van der Waals surface area contributed by atoms with E-state index < -0.39 is 24.2 Å². The Labute approximate surface area is 175 Å². The molecule has 0 saturated heterocycles. The third-order valence-corrected chi connectivity index (χ3v) is 5.41. The van der Waals surface area contributed by atoms with Gasteiger partial charge in [0.2, 0.25) is 0 Å². The number of benzene rings is 2. The molecule has 1 aliphatic rings. The van der Waals surface area contributed by atoms with Gasteiger partial charge < -0.3 is 10.6 Å². The van der Waals surface area contributed by atoms with E-state index in [0.717, 1.165) is 16.4 Å². The normalized spacial score (nSPS) is 18.4. The molecule has 4 rings (SSSR count). The fourth-order valence-corrected chi connectivity index (χ4v) is 3.68. The predicted molar refractivity (Wildman–Crippen MR) is 109 cm³/mol. The smallest absolute Gasteiger partial charge is 0.363 e. The summed E-state index contributed by atoms with van der Waals surface area (Å²) in [5.41, 5.74) is 2.09. The first kappa shape index (κ1) is 20.3. The van der Waals surface area contributed by atoms with Crippen LogP contribution in [0.2, 0.25) is 5.02 Å². The van der Waals surface area contributed by atoms with Crippen molar-refractivity contribution in [3.63, 3.8) is 0 Å². The molecule has 2 heterocycles. The molecule has 1 amide bonds. The molecule has 30 heavy (non-hydrogen) atoms. The van der Waals surface area contributed by atoms with Gasteiger partial charge in [-0.2, -0.15) is 18.3 Å². The zero-order chi connectivity index (χ0) is 21.5. The lowest BCUT2D eigenvalue weighted by molar-refractivity contribution is -0.173. The Hall–Kier alpha value is -3.00. The number of para-hydroxylation sites is 1. The fourth-order valence-electron chi connectivity index (χ4n) is 3.50. The van der Waals surface area contributed by atoms with Crippen LogP contribution >= 0.6 is 11.6 Å². The molecule has 0 unspecified atom stereocenters. The summed E-state index contributed by atoms with van der Waals surface area (Å²) in [6, 6.07) is 11.4. The Morgan fingerprint density at radius 3 is 2.57 bits per heavy atom. The van der Waals surface area contributed by atoms with Crippen LogP contribution in [0.5, 0.6) is 0 Å². The zero-order valence-corrected chi connectivity index (χ0v) is 16.6. The highest BCUT2D eigenvalue weighted by atomic mass is 35.5. The lowest BCUT2D eigenvalue weighted by Crippen LogP contribution is -2.36. The van der Waals surface area contributed by atoms with Crippen LogP contribution in [0.3, 0.4) is 0 Å². The molecule has 3 aromatic rings. The van der Waals surface area contributed by atoms with E-state index in [9.17, 15) is 18.0 Å². The number of amides is 1. The number of nitrogens with zero attached hydrogens (tertiary/aromatic N) is 2. The highest BCUT2D eigenvalue weighted by molar-refractivity contribution is 6.34. The molecule has 0 bridgehead atoms. The van der Waals surface area contributed by atoms with Crippen molar-refractivity contribution in [2.24, 2.45) is 0 Å². The molecule has 2 aromatic carbocycles. The number of carbonyl (C=O) groups is 1. The predicted octanol–water partition coefficient (Wildman–Crippen LogP) is 5.76. The number of alkyl halides is 3. The van der Waals surface area contributed by atoms with Gasteiger partial charge in [0.15, 0.2) is 6.04 Å². The average molecular weight is 435 g/mol. The molecule has 2 atom stereocenters. The minimum atomic E-state index is -4.51. The minimum absolute atomic E-state index is 0.0148. The third-order valence-electron chi connectivity index (χ3n) is 5.08. The molecule has 9 heteroatoms. The van der Waals surface area contributed by atoms with E-state index in [-0.39, 0.29) is 17.8 Å². The van der Waals surface area contributed by atoms with E-state index in [4.69, 9.17) is 11.6 Å². The molecule has 1 aromatic heterocycles. The van der Waals surface area contributed by atoms with Crippen LogP contribution in [0.25, 0.3) is 0 Å². The molecule has 0 fully saturated rings. The summed E-state index contributed by atoms with van der Waals surface area (Å²) in [6.45, 7) is 1.91. The molecule has 0 aliphatic carbocycles. The van der Waals surface area contributed by atoms with Crippen LogP contribution in [-0.4, -0.2) is 21.9 Å². The topological polar surface area (TPSA) is 59.0 Å². The lowest BCUT2D eigenvalue weighted by atomic mass is 9.96. The Kier molecular flexibility index (Phi) is 5.19. The van der Waals surface area contributed by atoms with Crippen molar-refractivity contribution in [3.8, 4) is 0 Å². The highest BCUT2D eigenvalue weighted by Gasteiger charge is 2.47. The second kappa shape index (κ2) is 7.68. The summed E-state index contributed by atoms with van der Waals surface area (Å²) in [7, 11) is 0. The van der Waals surface area contributed by atoms with Crippen molar-refractivity contribution in [1.29, 1.82) is 0 Å². The quantitative estimate of drug-likeness (QED) is 0.551. The number of anilines is 2. The second-order valence-corrected chi connectivity index (χ2v) is 7.59. The molecular formula is C21H18ClF3N4O. The Morgan fingerprint density at radius 2 is 1.90 bits per heavy atom. The maximum Gasteiger partial charge on any atom is 0.410 e. The summed E-state index contributed by atoms with van der Waals surface area (Å²) in [6.07, 6.45) is -3.60. The van der Waals surface area contributed by atoms with Crippen molar-refractivity contribution >= 4 is 29.0 Å². The van der Waals surface area contributed by atoms with Crippen molar-refractivity contribution in [2.45, 2.75) is 31.6 Å². The Morgan fingerprint density at radius 1 is 1.20 bits per heavy atom. The van der Waals surface area contributed by atoms with Crippen molar-refractivity contribution in [3.05, 3.63) is 76.4 Å². The van der Waals surface area contributed by atoms with Gasteiger partial charge >= 0.3 is 6.18 Å². The number of halogens is 4. The Bertz CT molecular complexity index is 1080. The van der Waals surface area contributed by atoms with E-state index in [2.05, 4.69) is 15.7 Å². The first-order chi connectivity index (χ1) is 14.2. The van der Waals surface area contributed by atoms with E-state index in [0.29, 0.717) is 16.3 Å². The molecule has 0 spiro atoms. The standard InChI is InChI=1S/C21H18ClF3N4O/c1-12-6-8-13(9-7-12)17-10-18(21(23,24)25)29-19(27-17)14(11-26-29)20(30)28-16-5-3-2-4-15(16)22/h2-9,11,17-18,27H,10H2,1H3,(H,28,30)/t17-,18+/m1/s1. The number of nitrogens with one attached hydrogen (secondary N) is 2. The summed E-state index contributed by atoms with van der Waals surface area (Å²) >= 11 is 6.07. The van der Waals surface area contributed by atoms with Crippen LogP contribution < -0.4 is 10.6 Å². The molecular weight excluding hydrogens is 417 g/mol. The van der Waals surface area contributed by atoms with Crippen molar-refractivity contribution in [1.82, 2.24) is 9.78 Å². The molecule has 2 N–H and O–H groups in total. The first-order valence-corrected chi connectivity index (χ1v) is 9.65. The Balaban J connectivity index is 1.70. The van der Waals surface area contributed by atoms with Gasteiger partial charge in [-0.25, -0.2) is 4.68 Å². The maximum absolute atomic E-state index is 13.8. The molecule has 156 valence electrons. The average Bonchev–Trinajstić information content (AvgIpc) is 3.13. The number of aromatic nitrogens is 2. The van der Waals surface area contributed by atoms with Crippen LogP contribution in [0.1, 0.15) is 40.0 Å². The number of aryl methyl sites for hydroxylation is 1. The van der Waals surface area contributed by atoms with Crippen molar-refractivity contribution < 1.29 is 18.0 Å². The first-order valence-electron chi connectivity index (χ1n) is 9.27. The number of fused-ring (bicyclic) bond motifs is 1. The highest BCUT2D eigenvalue weighted by Crippen LogP contribution is 2.44. The summed E-state index contributed by atoms with van der Waals surface area (Å²) in [5.74, 6) is -0.568. The molecule has 1 aliphatic heterocycles. The number of carbonyl (C=O) groups excluding carboxylic acids is 1. The van der Waals surface area contributed by atoms with Gasteiger partial charge in [-0.05, 0) is 24.6 Å². The van der Waals surface area contributed by atoms with E-state index in [1.165, 1.54) is 0 Å². The van der Waals surface area contributed by atoms with Gasteiger partial charge in [0.1, 0.15) is 11.4 Å². The van der Waals surface area contributed by atoms with Gasteiger partial charge in [-0.1, -0.05) is 53.6 Å². The fraction of sp³-hybridized carbons (Fsp3) is 0.238. The molecule has 0 saturated carbocycles. The summed E-state index contributed by atoms with van der Waals surface area (Å²) < 4.78 is 42.2. The largest absolute Gasteiger partial charge is 0.410 e. The van der Waals surface area contributed by atoms with Crippen molar-refractivity contribution in [2.75, 3.05) is 10.6 Å². The molecule has 0 radical (unpaired) electrons. The number of hydrogen-bond donors (Lipinski definition) is 2. The molecule has 5 nitrogen and oxygen atoms in total. The SMILES string of the molecule is Cc1ccc([C@H]2C[C@@H](C(F)(F)F)n3ncc(C(=O)Nc4ccccc4Cl)c3N2)cc1. The zero-order valence-electron chi connectivity index (χ0n) is 15.9. The van der Waals surface area contributed by atoms with Gasteiger partial charge in [-0.15, -0.1) is 0 Å². The van der Waals surface area contributed by atoms with E-state index in [1.807, 2.05) is 19.1 Å². The monoisotopic (exact) mass is 434 g/mol. The van der Waals surface area contributed by atoms with Gasteiger partial charge in [0.25, 0.3) is 5.91 Å².